The number of carbonyl (C=O) groups excluding carboxylic acids is 6. The topological polar surface area (TPSA) is 109 Å². The Hall–Kier alpha value is -5.76. The van der Waals surface area contributed by atoms with Gasteiger partial charge in [0.05, 0.1) is 35.0 Å². The number of benzene rings is 3. The molecule has 50 heavy (non-hydrogen) atoms. The Kier molecular flexibility index (Phi) is 6.91. The monoisotopic (exact) mass is 660 g/mol. The number of fused-ring (bicyclic) bond motifs is 10. The normalized spacial score (nSPS) is 30.2. The van der Waals surface area contributed by atoms with Crippen LogP contribution in [0.2, 0.25) is 0 Å². The Morgan fingerprint density at radius 3 is 1.18 bits per heavy atom. The van der Waals surface area contributed by atoms with Crippen molar-refractivity contribution in [3.05, 3.63) is 132 Å². The second-order valence-electron chi connectivity index (χ2n) is 14.2. The molecule has 4 aliphatic carbocycles. The molecule has 8 nitrogen and oxygen atoms in total. The smallest absolute Gasteiger partial charge is 0.238 e. The Morgan fingerprint density at radius 2 is 0.840 bits per heavy atom. The lowest BCUT2D eigenvalue weighted by Crippen LogP contribution is -2.32. The Balaban J connectivity index is 0.841. The molecule has 4 amide bonds. The molecule has 0 radical (unpaired) electrons. The van der Waals surface area contributed by atoms with Gasteiger partial charge in [0.2, 0.25) is 23.6 Å². The van der Waals surface area contributed by atoms with Crippen molar-refractivity contribution in [1.29, 1.82) is 0 Å². The molecule has 2 saturated carbocycles. The van der Waals surface area contributed by atoms with E-state index < -0.39 is 0 Å². The van der Waals surface area contributed by atoms with Gasteiger partial charge in [-0.3, -0.25) is 28.8 Å². The van der Waals surface area contributed by atoms with Crippen molar-refractivity contribution in [3.8, 4) is 0 Å². The second-order valence-corrected chi connectivity index (χ2v) is 14.2. The van der Waals surface area contributed by atoms with Crippen LogP contribution in [0.15, 0.2) is 109 Å². The molecule has 4 bridgehead atoms. The molecule has 2 saturated heterocycles. The number of hydrogen-bond acceptors (Lipinski definition) is 6. The molecule has 4 fully saturated rings. The van der Waals surface area contributed by atoms with Crippen LogP contribution in [0.3, 0.4) is 0 Å². The van der Waals surface area contributed by atoms with Crippen molar-refractivity contribution in [1.82, 2.24) is 0 Å². The molecular weight excluding hydrogens is 628 g/mol. The molecule has 6 aliphatic rings. The van der Waals surface area contributed by atoms with Crippen molar-refractivity contribution in [2.24, 2.45) is 47.3 Å². The zero-order valence-corrected chi connectivity index (χ0v) is 26.9. The van der Waals surface area contributed by atoms with E-state index in [1.807, 2.05) is 24.3 Å². The van der Waals surface area contributed by atoms with Gasteiger partial charge in [0, 0.05) is 11.1 Å². The van der Waals surface area contributed by atoms with Crippen molar-refractivity contribution in [2.75, 3.05) is 9.80 Å². The zero-order chi connectivity index (χ0) is 34.3. The number of carbonyl (C=O) groups is 6. The van der Waals surface area contributed by atoms with Gasteiger partial charge in [-0.25, -0.2) is 9.80 Å². The summed E-state index contributed by atoms with van der Waals surface area (Å²) >= 11 is 0. The first kappa shape index (κ1) is 30.3. The second kappa shape index (κ2) is 11.4. The van der Waals surface area contributed by atoms with E-state index in [-0.39, 0.29) is 82.5 Å². The maximum absolute atomic E-state index is 13.2. The van der Waals surface area contributed by atoms with Gasteiger partial charge < -0.3 is 0 Å². The van der Waals surface area contributed by atoms with E-state index in [0.29, 0.717) is 22.5 Å². The van der Waals surface area contributed by atoms with E-state index in [9.17, 15) is 28.8 Å². The van der Waals surface area contributed by atoms with E-state index in [1.165, 1.54) is 22.0 Å². The van der Waals surface area contributed by atoms with Crippen molar-refractivity contribution in [3.63, 3.8) is 0 Å². The summed E-state index contributed by atoms with van der Waals surface area (Å²) in [5, 5.41) is 0. The molecule has 2 heterocycles. The van der Waals surface area contributed by atoms with Gasteiger partial charge in [0.15, 0.2) is 11.6 Å². The standard InChI is InChI=1S/C42H32N2O6/c45-33(25-3-1-5-31(21-25)43-39(47)35-27-13-14-28(19-27)36(35)40(43)48)17-11-23-7-9-24(10-8-23)12-18-34(46)26-4-2-6-32(22-26)44-41(49)37-29-15-16-30(20-29)38(37)42(44)50/h1-18,21-22,27-30,35-38H,19-20H2/b17-11+,18-12+/t27-,28-,29-,30-,35-,36-,37-,38+/m0/s1. The lowest BCUT2D eigenvalue weighted by atomic mass is 9.85. The maximum atomic E-state index is 13.2. The van der Waals surface area contributed by atoms with E-state index in [1.54, 1.807) is 60.7 Å². The highest BCUT2D eigenvalue weighted by Crippen LogP contribution is 2.54. The van der Waals surface area contributed by atoms with Crippen LogP contribution >= 0.6 is 0 Å². The number of imide groups is 2. The van der Waals surface area contributed by atoms with Gasteiger partial charge in [-0.15, -0.1) is 0 Å². The average Bonchev–Trinajstić information content (AvgIpc) is 3.99. The summed E-state index contributed by atoms with van der Waals surface area (Å²) in [6, 6.07) is 20.6. The molecule has 9 rings (SSSR count). The summed E-state index contributed by atoms with van der Waals surface area (Å²) in [4.78, 5) is 81.6. The quantitative estimate of drug-likeness (QED) is 0.125. The highest BCUT2D eigenvalue weighted by molar-refractivity contribution is 6.24. The molecule has 8 heteroatoms. The minimum Gasteiger partial charge on any atom is -0.289 e. The third-order valence-corrected chi connectivity index (χ3v) is 11.5. The van der Waals surface area contributed by atoms with Crippen LogP contribution in [0, 0.1) is 47.3 Å². The predicted molar refractivity (Wildman–Crippen MR) is 186 cm³/mol. The Morgan fingerprint density at radius 1 is 0.500 bits per heavy atom. The minimum atomic E-state index is -0.300. The number of anilines is 2. The lowest BCUT2D eigenvalue weighted by Gasteiger charge is -2.17. The molecule has 3 aromatic rings. The minimum absolute atomic E-state index is 0.118. The van der Waals surface area contributed by atoms with Gasteiger partial charge in [-0.05, 0) is 84.1 Å². The third kappa shape index (κ3) is 4.65. The highest BCUT2D eigenvalue weighted by Gasteiger charge is 2.60. The molecule has 0 N–H and O–H groups in total. The largest absolute Gasteiger partial charge is 0.289 e. The summed E-state index contributed by atoms with van der Waals surface area (Å²) in [5.41, 5.74) is 3.17. The van der Waals surface area contributed by atoms with Crippen molar-refractivity contribution in [2.45, 2.75) is 12.8 Å². The molecular formula is C42H32N2O6. The van der Waals surface area contributed by atoms with Gasteiger partial charge in [-0.1, -0.05) is 85.0 Å². The number of nitrogens with zero attached hydrogens (tertiary/aromatic N) is 2. The molecule has 3 aromatic carbocycles. The Bertz CT molecular complexity index is 1950. The fourth-order valence-electron chi connectivity index (χ4n) is 9.16. The van der Waals surface area contributed by atoms with Crippen LogP contribution in [-0.4, -0.2) is 35.2 Å². The van der Waals surface area contributed by atoms with Crippen molar-refractivity contribution >= 4 is 58.7 Å². The SMILES string of the molecule is O=C(/C=C/c1ccc(/C=C/C(=O)c2cccc(N3C(=O)[C@@H]4[C@H](C3=O)[C@H]3C=C[C@H]4C3)c2)cc1)c1cccc(N2C(=O)[C@@H]3[C@@H](C2=O)[C@H]2C=C[C@H]3C2)c1. The number of amides is 4. The van der Waals surface area contributed by atoms with Crippen molar-refractivity contribution < 1.29 is 28.8 Å². The molecule has 8 atom stereocenters. The van der Waals surface area contributed by atoms with Gasteiger partial charge >= 0.3 is 0 Å². The van der Waals surface area contributed by atoms with Crippen LogP contribution in [0.1, 0.15) is 44.7 Å². The van der Waals surface area contributed by atoms with Crippen LogP contribution in [0.25, 0.3) is 12.2 Å². The van der Waals surface area contributed by atoms with E-state index >= 15 is 0 Å². The van der Waals surface area contributed by atoms with E-state index in [0.717, 1.165) is 24.0 Å². The first-order valence-corrected chi connectivity index (χ1v) is 17.1. The summed E-state index contributed by atoms with van der Waals surface area (Å²) in [6.07, 6.45) is 16.2. The summed E-state index contributed by atoms with van der Waals surface area (Å²) in [7, 11) is 0. The summed E-state index contributed by atoms with van der Waals surface area (Å²) in [5.74, 6) is -1.95. The van der Waals surface area contributed by atoms with Gasteiger partial charge in [0.25, 0.3) is 0 Å². The average molecular weight is 661 g/mol. The molecule has 0 aromatic heterocycles. The predicted octanol–water partition coefficient (Wildman–Crippen LogP) is 6.10. The van der Waals surface area contributed by atoms with E-state index in [4.69, 9.17) is 0 Å². The number of allylic oxidation sites excluding steroid dienone is 6. The maximum Gasteiger partial charge on any atom is 0.238 e. The third-order valence-electron chi connectivity index (χ3n) is 11.5. The first-order valence-electron chi connectivity index (χ1n) is 17.1. The first-order chi connectivity index (χ1) is 24.3. The van der Waals surface area contributed by atoms with E-state index in [2.05, 4.69) is 24.3 Å². The number of rotatable bonds is 8. The fourth-order valence-corrected chi connectivity index (χ4v) is 9.16. The Labute approximate surface area is 288 Å². The van der Waals surface area contributed by atoms with Crippen LogP contribution in [0.5, 0.6) is 0 Å². The van der Waals surface area contributed by atoms with Crippen LogP contribution in [0.4, 0.5) is 11.4 Å². The molecule has 0 spiro atoms. The molecule has 2 aliphatic heterocycles. The van der Waals surface area contributed by atoms with Crippen LogP contribution in [-0.2, 0) is 19.2 Å². The molecule has 0 unspecified atom stereocenters. The fraction of sp³-hybridized carbons (Fsp3) is 0.238. The van der Waals surface area contributed by atoms with Gasteiger partial charge in [-0.2, -0.15) is 0 Å². The van der Waals surface area contributed by atoms with Crippen LogP contribution < -0.4 is 9.80 Å². The zero-order valence-electron chi connectivity index (χ0n) is 26.9. The summed E-state index contributed by atoms with van der Waals surface area (Å²) < 4.78 is 0. The number of hydrogen-bond donors (Lipinski definition) is 0. The lowest BCUT2D eigenvalue weighted by molar-refractivity contribution is -0.124. The number of ketones is 2. The van der Waals surface area contributed by atoms with Gasteiger partial charge in [0.1, 0.15) is 0 Å². The summed E-state index contributed by atoms with van der Waals surface area (Å²) in [6.45, 7) is 0. The highest BCUT2D eigenvalue weighted by atomic mass is 16.2. The molecule has 246 valence electrons.